The Balaban J connectivity index is 0.000000119. The molecule has 140 heavy (non-hydrogen) atoms. The summed E-state index contributed by atoms with van der Waals surface area (Å²) in [6.07, 6.45) is 53.4. The number of nitrogens with zero attached hydrogens (tertiary/aromatic N) is 25. The predicted octanol–water partition coefficient (Wildman–Crippen LogP) is 13.2. The van der Waals surface area contributed by atoms with Gasteiger partial charge in [-0.25, -0.2) is 69.8 Å². The predicted molar refractivity (Wildman–Crippen MR) is 541 cm³/mol. The second-order valence-electron chi connectivity index (χ2n) is 38.5. The summed E-state index contributed by atoms with van der Waals surface area (Å²) in [4.78, 5) is 38.7. The molecule has 0 spiro atoms. The van der Waals surface area contributed by atoms with Crippen LogP contribution in [0.25, 0.3) is 135 Å². The Morgan fingerprint density at radius 1 is 0.357 bits per heavy atom. The minimum Gasteiger partial charge on any atom is -0.367 e. The SMILES string of the molecule is Cn1cc(-c2cccc(-c3ncc(-c4cnn(C)c4)c(NC45CCC(CS(C)(=O)=O)(CC4)CC5)n3)c2)cn1.Cn1cc(-c2cccc(-c3ncc(-c4cnn(C)c4)c(NC4CC(CN)C4)n3)c2)cn1.Cn1cc(-c2cccc(-c3ncc(-c4cnn(C)c4)c(NC4CC5CC4N(S(C)(=O)=O)C5)n3)c2)cn1.Cn1cc(-c2cccc(-c3ncc(-c4cnn(C)c4)c(N[C@H]4CC[C@H](NS(C)(=O)=O)C4)n3)c2)cn1. The molecule has 724 valence electrons. The fraction of sp³-hybridized carbons (Fsp3) is 0.360. The Bertz CT molecular complexity index is 7550. The van der Waals surface area contributed by atoms with Crippen LogP contribution in [0.4, 0.5) is 23.3 Å². The maximum Gasteiger partial charge on any atom is 0.211 e. The molecule has 7 aliphatic rings. The molecule has 12 aromatic heterocycles. The number of sulfonamides is 2. The summed E-state index contributed by atoms with van der Waals surface area (Å²) in [5.41, 5.74) is 25.0. The highest BCUT2D eigenvalue weighted by Gasteiger charge is 2.51. The van der Waals surface area contributed by atoms with Gasteiger partial charge in [0, 0.05) is 268 Å². The van der Waals surface area contributed by atoms with Crippen molar-refractivity contribution >= 4 is 53.2 Å². The van der Waals surface area contributed by atoms with Crippen LogP contribution in [0.15, 0.2) is 221 Å². The molecule has 0 amide bonds. The van der Waals surface area contributed by atoms with Gasteiger partial charge in [0.1, 0.15) is 33.1 Å². The molecule has 16 aromatic rings. The average Bonchev–Trinajstić information content (AvgIpc) is 1.74. The third-order valence-corrected chi connectivity index (χ3v) is 30.6. The number of benzene rings is 4. The Morgan fingerprint density at radius 3 is 1.00 bits per heavy atom. The number of rotatable bonds is 26. The van der Waals surface area contributed by atoms with E-state index in [0.29, 0.717) is 71.5 Å². The third-order valence-electron chi connectivity index (χ3n) is 27.5. The van der Waals surface area contributed by atoms with Crippen LogP contribution in [0, 0.1) is 17.3 Å². The molecule has 37 nitrogen and oxygen atoms in total. The fourth-order valence-electron chi connectivity index (χ4n) is 20.3. The van der Waals surface area contributed by atoms with Crippen LogP contribution in [-0.4, -0.2) is 221 Å². The summed E-state index contributed by atoms with van der Waals surface area (Å²) in [5, 5.41) is 49.0. The van der Waals surface area contributed by atoms with Gasteiger partial charge in [-0.2, -0.15) is 45.1 Å². The number of nitrogens with two attached hydrogens (primary N) is 1. The Hall–Kier alpha value is -14.2. The number of hydrogen-bond acceptors (Lipinski definition) is 27. The van der Waals surface area contributed by atoms with Gasteiger partial charge in [0.05, 0.1) is 67.8 Å². The van der Waals surface area contributed by atoms with E-state index in [1.807, 2.05) is 229 Å². The van der Waals surface area contributed by atoms with Gasteiger partial charge in [-0.3, -0.25) is 37.5 Å². The topological polar surface area (TPSA) is 438 Å². The van der Waals surface area contributed by atoms with Crippen LogP contribution in [-0.2, 0) is 86.3 Å². The molecule has 4 aromatic carbocycles. The van der Waals surface area contributed by atoms with Crippen molar-refractivity contribution in [2.75, 3.05) is 58.9 Å². The highest BCUT2D eigenvalue weighted by Crippen LogP contribution is 2.55. The summed E-state index contributed by atoms with van der Waals surface area (Å²) >= 11 is 0. The maximum absolute atomic E-state index is 12.4. The van der Waals surface area contributed by atoms with E-state index in [1.54, 1.807) is 54.2 Å². The normalized spacial score (nSPS) is 20.4. The van der Waals surface area contributed by atoms with Crippen molar-refractivity contribution in [3.05, 3.63) is 221 Å². The fourth-order valence-corrected chi connectivity index (χ4v) is 23.9. The second-order valence-corrected chi connectivity index (χ2v) is 44.3. The third kappa shape index (κ3) is 21.9. The summed E-state index contributed by atoms with van der Waals surface area (Å²) in [6.45, 7) is 1.34. The standard InChI is InChI=1S/C28H33N7O2S.C25H28N8O2S.C24H28N8O2S.C23H26N8/c1-34-17-22(14-30-34)20-5-4-6-21(13-20)25-29-16-24(23-15-31-35(2)18-23)26(32-25)33-28-10-7-27(8-11-28,9-12-28)19-38(3,36)37;1-31-14-19(10-27-31)17-5-4-6-18(9-17)24-26-12-21(20-11-28-32(2)15-20)25(30-24)29-22-7-16-8-23(22)33(13-16)36(3,34)35;1-31-14-18(11-26-31)16-5-4-6-17(9-16)23-25-13-22(19-12-27-32(2)15-19)24(29-23)28-20-7-8-21(10-20)30-35(3,33)34;1-30-13-18(10-26-30)16-4-3-5-17(8-16)22-25-12-21(19-11-27-31(2)14-19)23(29-22)28-20-6-15(7-20)9-24/h4-6,13-18H,7-12,19H2,1-3H3,(H,29,32,33);4-6,9-12,14-16,22-23H,7-8,13H2,1-3H3,(H,26,29,30);4-6,9,11-15,20-21,30H,7-8,10H2,1-3H3,(H,25,28,29);3-5,8,10-15,20H,6-7,9,24H2,1-2H3,(H,25,28,29)/t;;20-,21-;/m..0./s1. The molecule has 13 heterocycles. The van der Waals surface area contributed by atoms with Crippen LogP contribution >= 0.6 is 0 Å². The van der Waals surface area contributed by atoms with E-state index in [2.05, 4.69) is 113 Å². The van der Waals surface area contributed by atoms with Crippen LogP contribution in [0.1, 0.15) is 83.5 Å². The van der Waals surface area contributed by atoms with E-state index in [1.165, 1.54) is 18.8 Å². The lowest BCUT2D eigenvalue weighted by atomic mass is 9.58. The second kappa shape index (κ2) is 39.2. The summed E-state index contributed by atoms with van der Waals surface area (Å²) in [6, 6.07) is 32.9. The van der Waals surface area contributed by atoms with Crippen LogP contribution in [0.3, 0.4) is 0 Å². The maximum atomic E-state index is 12.4. The molecule has 7 fully saturated rings. The Labute approximate surface area is 813 Å². The minimum atomic E-state index is -3.26. The number of piperidine rings is 1. The van der Waals surface area contributed by atoms with Crippen molar-refractivity contribution in [2.24, 2.45) is 79.4 Å². The quantitative estimate of drug-likeness (QED) is 0.0293. The zero-order chi connectivity index (χ0) is 97.5. The van der Waals surface area contributed by atoms with E-state index < -0.39 is 29.9 Å². The highest BCUT2D eigenvalue weighted by molar-refractivity contribution is 7.90. The van der Waals surface area contributed by atoms with E-state index in [9.17, 15) is 25.3 Å². The van der Waals surface area contributed by atoms with Crippen molar-refractivity contribution in [1.82, 2.24) is 127 Å². The highest BCUT2D eigenvalue weighted by atomic mass is 32.2. The van der Waals surface area contributed by atoms with Gasteiger partial charge in [0.15, 0.2) is 23.3 Å². The van der Waals surface area contributed by atoms with E-state index in [-0.39, 0.29) is 35.1 Å². The van der Waals surface area contributed by atoms with E-state index >= 15 is 0 Å². The molecule has 4 bridgehead atoms. The molecule has 6 aliphatic carbocycles. The molecule has 5 atom stereocenters. The molecule has 23 rings (SSSR count). The first-order chi connectivity index (χ1) is 67.2. The summed E-state index contributed by atoms with van der Waals surface area (Å²) in [7, 11) is 5.67. The Kier molecular flexibility index (Phi) is 26.6. The molecule has 6 saturated carbocycles. The number of fused-ring (bicyclic) bond motifs is 5. The minimum absolute atomic E-state index is 0.0154. The average molecular weight is 1940 g/mol. The molecular weight excluding hydrogens is 1830 g/mol. The number of hydrogen-bond donors (Lipinski definition) is 6. The molecular formula is C100H115N31O6S3. The van der Waals surface area contributed by atoms with Crippen LogP contribution in [0.2, 0.25) is 0 Å². The smallest absolute Gasteiger partial charge is 0.211 e. The molecule has 0 radical (unpaired) electrons. The van der Waals surface area contributed by atoms with Gasteiger partial charge in [0.25, 0.3) is 0 Å². The lowest BCUT2D eigenvalue weighted by Crippen LogP contribution is -2.52. The molecule has 7 N–H and O–H groups in total. The van der Waals surface area contributed by atoms with Gasteiger partial charge in [-0.05, 0) is 154 Å². The van der Waals surface area contributed by atoms with Crippen LogP contribution in [0.5, 0.6) is 0 Å². The zero-order valence-corrected chi connectivity index (χ0v) is 82.5. The van der Waals surface area contributed by atoms with Crippen molar-refractivity contribution in [2.45, 2.75) is 119 Å². The number of nitrogens with one attached hydrogen (secondary N) is 5. The molecule has 1 saturated heterocycles. The Morgan fingerprint density at radius 2 is 0.679 bits per heavy atom. The first-order valence-corrected chi connectivity index (χ1v) is 52.7. The van der Waals surface area contributed by atoms with E-state index in [4.69, 9.17) is 35.6 Å². The molecule has 1 aliphatic heterocycles. The van der Waals surface area contributed by atoms with Gasteiger partial charge in [-0.15, -0.1) is 0 Å². The van der Waals surface area contributed by atoms with E-state index in [0.717, 1.165) is 206 Å². The number of sulfone groups is 1. The van der Waals surface area contributed by atoms with Gasteiger partial charge < -0.3 is 27.0 Å². The number of anilines is 4. The summed E-state index contributed by atoms with van der Waals surface area (Å²) in [5.74, 6) is 6.83. The zero-order valence-electron chi connectivity index (χ0n) is 80.1. The number of aryl methyl sites for hydroxylation is 8. The van der Waals surface area contributed by atoms with Crippen molar-refractivity contribution in [3.63, 3.8) is 0 Å². The van der Waals surface area contributed by atoms with Crippen molar-refractivity contribution in [3.8, 4) is 135 Å². The first-order valence-electron chi connectivity index (χ1n) is 46.9. The lowest BCUT2D eigenvalue weighted by Gasteiger charge is -2.53. The molecule has 40 heteroatoms. The largest absolute Gasteiger partial charge is 0.367 e. The molecule has 3 unspecified atom stereocenters. The van der Waals surface area contributed by atoms with Gasteiger partial charge in [-0.1, -0.05) is 72.8 Å². The summed E-state index contributed by atoms with van der Waals surface area (Å²) < 4.78 is 90.8. The van der Waals surface area contributed by atoms with Gasteiger partial charge in [0.2, 0.25) is 20.0 Å². The lowest BCUT2D eigenvalue weighted by molar-refractivity contribution is 0.0748. The number of aromatic nitrogens is 24. The first kappa shape index (κ1) is 94.8. The van der Waals surface area contributed by atoms with Gasteiger partial charge >= 0.3 is 0 Å². The van der Waals surface area contributed by atoms with Crippen LogP contribution < -0.4 is 31.7 Å². The monoisotopic (exact) mass is 1940 g/mol. The van der Waals surface area contributed by atoms with Crippen molar-refractivity contribution < 1.29 is 25.3 Å². The van der Waals surface area contributed by atoms with Crippen molar-refractivity contribution in [1.29, 1.82) is 0 Å².